The Balaban J connectivity index is 2.31. The lowest BCUT2D eigenvalue weighted by molar-refractivity contribution is -0.385. The number of nitrogens with zero attached hydrogens (tertiary/aromatic N) is 2. The third kappa shape index (κ3) is 2.73. The van der Waals surface area contributed by atoms with Crippen molar-refractivity contribution in [3.8, 4) is 0 Å². The first-order valence-corrected chi connectivity index (χ1v) is 6.10. The van der Waals surface area contributed by atoms with Crippen molar-refractivity contribution in [3.63, 3.8) is 0 Å². The molecule has 1 atom stereocenters. The van der Waals surface area contributed by atoms with E-state index in [1.165, 1.54) is 19.1 Å². The summed E-state index contributed by atoms with van der Waals surface area (Å²) in [5.74, 6) is -0.297. The highest BCUT2D eigenvalue weighted by Gasteiger charge is 2.25. The number of ether oxygens (including phenoxy) is 1. The van der Waals surface area contributed by atoms with Gasteiger partial charge in [-0.2, -0.15) is 0 Å². The Morgan fingerprint density at radius 1 is 1.53 bits per heavy atom. The van der Waals surface area contributed by atoms with Crippen LogP contribution in [0.3, 0.4) is 0 Å². The summed E-state index contributed by atoms with van der Waals surface area (Å²) in [7, 11) is 1.66. The summed E-state index contributed by atoms with van der Waals surface area (Å²) in [5, 5.41) is 11.0. The molecule has 0 aromatic heterocycles. The largest absolute Gasteiger partial charge is 0.380 e. The predicted molar refractivity (Wildman–Crippen MR) is 70.7 cm³/mol. The van der Waals surface area contributed by atoms with E-state index < -0.39 is 4.92 Å². The molecular weight excluding hydrogens is 248 g/mol. The molecule has 1 saturated heterocycles. The lowest BCUT2D eigenvalue weighted by Crippen LogP contribution is -2.22. The summed E-state index contributed by atoms with van der Waals surface area (Å²) >= 11 is 0. The Labute approximate surface area is 111 Å². The summed E-state index contributed by atoms with van der Waals surface area (Å²) in [6.45, 7) is 2.85. The average molecular weight is 264 g/mol. The highest BCUT2D eigenvalue weighted by atomic mass is 16.6. The van der Waals surface area contributed by atoms with Gasteiger partial charge in [-0.15, -0.1) is 0 Å². The number of Topliss-reactive ketones (excluding diaryl/α,β-unsaturated/α-hetero) is 1. The fourth-order valence-corrected chi connectivity index (χ4v) is 2.32. The maximum absolute atomic E-state index is 11.4. The zero-order chi connectivity index (χ0) is 14.0. The molecule has 2 rings (SSSR count). The molecule has 1 heterocycles. The smallest absolute Gasteiger partial charge is 0.282 e. The zero-order valence-corrected chi connectivity index (χ0v) is 11.0. The van der Waals surface area contributed by atoms with Gasteiger partial charge in [-0.3, -0.25) is 14.9 Å². The van der Waals surface area contributed by atoms with Gasteiger partial charge in [-0.25, -0.2) is 0 Å². The van der Waals surface area contributed by atoms with Crippen LogP contribution in [0.4, 0.5) is 11.4 Å². The van der Waals surface area contributed by atoms with E-state index in [0.29, 0.717) is 6.54 Å². The minimum atomic E-state index is -0.510. The molecule has 1 aliphatic heterocycles. The zero-order valence-electron chi connectivity index (χ0n) is 11.0. The number of nitro groups is 1. The van der Waals surface area contributed by atoms with Crippen LogP contribution in [-0.2, 0) is 4.74 Å². The Bertz CT molecular complexity index is 515. The van der Waals surface area contributed by atoms with Crippen LogP contribution in [0.2, 0.25) is 0 Å². The summed E-state index contributed by atoms with van der Waals surface area (Å²) in [5.41, 5.74) is 0.776. The molecule has 0 saturated carbocycles. The lowest BCUT2D eigenvalue weighted by atomic mass is 10.1. The van der Waals surface area contributed by atoms with Crippen molar-refractivity contribution >= 4 is 17.2 Å². The highest BCUT2D eigenvalue weighted by molar-refractivity contribution is 5.98. The summed E-state index contributed by atoms with van der Waals surface area (Å²) in [6.07, 6.45) is 1.06. The fourth-order valence-electron chi connectivity index (χ4n) is 2.32. The van der Waals surface area contributed by atoms with Crippen LogP contribution in [0.5, 0.6) is 0 Å². The molecule has 0 bridgehead atoms. The maximum atomic E-state index is 11.4. The van der Waals surface area contributed by atoms with E-state index >= 15 is 0 Å². The Hall–Kier alpha value is -1.95. The standard InChI is InChI=1S/C13H16N2O4/c1-9(16)12-4-3-10(7-13(12)15(17)18)14-6-5-11(8-14)19-2/h3-4,7,11H,5-6,8H2,1-2H3. The molecule has 0 N–H and O–H groups in total. The van der Waals surface area contributed by atoms with Crippen molar-refractivity contribution in [2.45, 2.75) is 19.4 Å². The minimum absolute atomic E-state index is 0.133. The molecule has 0 amide bonds. The monoisotopic (exact) mass is 264 g/mol. The van der Waals surface area contributed by atoms with Crippen LogP contribution >= 0.6 is 0 Å². The van der Waals surface area contributed by atoms with E-state index in [1.807, 2.05) is 4.90 Å². The van der Waals surface area contributed by atoms with E-state index in [1.54, 1.807) is 13.2 Å². The van der Waals surface area contributed by atoms with Gasteiger partial charge in [0, 0.05) is 32.0 Å². The number of anilines is 1. The van der Waals surface area contributed by atoms with Crippen molar-refractivity contribution in [2.24, 2.45) is 0 Å². The van der Waals surface area contributed by atoms with Gasteiger partial charge < -0.3 is 9.64 Å². The number of benzene rings is 1. The van der Waals surface area contributed by atoms with Crippen LogP contribution in [0.1, 0.15) is 23.7 Å². The van der Waals surface area contributed by atoms with Crippen molar-refractivity contribution in [1.82, 2.24) is 0 Å². The summed E-state index contributed by atoms with van der Waals surface area (Å²) < 4.78 is 5.27. The number of carbonyl (C=O) groups excluding carboxylic acids is 1. The topological polar surface area (TPSA) is 72.7 Å². The molecule has 0 radical (unpaired) electrons. The molecule has 1 aromatic rings. The highest BCUT2D eigenvalue weighted by Crippen LogP contribution is 2.28. The molecule has 1 unspecified atom stereocenters. The number of nitro benzene ring substituents is 1. The lowest BCUT2D eigenvalue weighted by Gasteiger charge is -2.18. The van der Waals surface area contributed by atoms with Gasteiger partial charge in [0.1, 0.15) is 0 Å². The number of carbonyl (C=O) groups is 1. The van der Waals surface area contributed by atoms with E-state index in [4.69, 9.17) is 4.74 Å². The van der Waals surface area contributed by atoms with Crippen LogP contribution in [0, 0.1) is 10.1 Å². The second-order valence-corrected chi connectivity index (χ2v) is 4.61. The summed E-state index contributed by atoms with van der Waals surface area (Å²) in [4.78, 5) is 23.9. The van der Waals surface area contributed by atoms with Crippen molar-refractivity contribution < 1.29 is 14.5 Å². The SMILES string of the molecule is COC1CCN(c2ccc(C(C)=O)c([N+](=O)[O-])c2)C1. The van der Waals surface area contributed by atoms with Crippen molar-refractivity contribution in [2.75, 3.05) is 25.1 Å². The Morgan fingerprint density at radius 2 is 2.26 bits per heavy atom. The summed E-state index contributed by atoms with van der Waals surface area (Å²) in [6, 6.07) is 4.74. The third-order valence-electron chi connectivity index (χ3n) is 3.40. The first-order valence-electron chi connectivity index (χ1n) is 6.10. The molecule has 0 aliphatic carbocycles. The van der Waals surface area contributed by atoms with Gasteiger partial charge in [0.25, 0.3) is 5.69 Å². The molecule has 19 heavy (non-hydrogen) atoms. The van der Waals surface area contributed by atoms with Crippen molar-refractivity contribution in [3.05, 3.63) is 33.9 Å². The van der Waals surface area contributed by atoms with Crippen LogP contribution in [0.25, 0.3) is 0 Å². The predicted octanol–water partition coefficient (Wildman–Crippen LogP) is 2.02. The number of methoxy groups -OCH3 is 1. The molecule has 6 nitrogen and oxygen atoms in total. The number of hydrogen-bond donors (Lipinski definition) is 0. The maximum Gasteiger partial charge on any atom is 0.282 e. The molecule has 1 aliphatic rings. The second-order valence-electron chi connectivity index (χ2n) is 4.61. The average Bonchev–Trinajstić information content (AvgIpc) is 2.86. The molecule has 0 spiro atoms. The van der Waals surface area contributed by atoms with Crippen LogP contribution in [-0.4, -0.2) is 37.0 Å². The van der Waals surface area contributed by atoms with Gasteiger partial charge >= 0.3 is 0 Å². The quantitative estimate of drug-likeness (QED) is 0.472. The van der Waals surface area contributed by atoms with Gasteiger partial charge in [-0.1, -0.05) is 0 Å². The molecular formula is C13H16N2O4. The normalized spacial score (nSPS) is 18.6. The third-order valence-corrected chi connectivity index (χ3v) is 3.40. The number of hydrogen-bond acceptors (Lipinski definition) is 5. The van der Waals surface area contributed by atoms with Gasteiger partial charge in [0.15, 0.2) is 5.78 Å². The molecule has 1 aromatic carbocycles. The number of ketones is 1. The van der Waals surface area contributed by atoms with E-state index in [2.05, 4.69) is 0 Å². The first-order chi connectivity index (χ1) is 9.02. The fraction of sp³-hybridized carbons (Fsp3) is 0.462. The van der Waals surface area contributed by atoms with Gasteiger partial charge in [0.2, 0.25) is 0 Å². The number of rotatable bonds is 4. The molecule has 6 heteroatoms. The van der Waals surface area contributed by atoms with Crippen LogP contribution in [0.15, 0.2) is 18.2 Å². The molecule has 102 valence electrons. The first kappa shape index (κ1) is 13.5. The Kier molecular flexibility index (Phi) is 3.80. The van der Waals surface area contributed by atoms with E-state index in [9.17, 15) is 14.9 Å². The van der Waals surface area contributed by atoms with E-state index in [0.717, 1.165) is 18.7 Å². The van der Waals surface area contributed by atoms with Gasteiger partial charge in [-0.05, 0) is 25.5 Å². The second kappa shape index (κ2) is 5.36. The van der Waals surface area contributed by atoms with E-state index in [-0.39, 0.29) is 23.1 Å². The van der Waals surface area contributed by atoms with Crippen LogP contribution < -0.4 is 4.90 Å². The van der Waals surface area contributed by atoms with Gasteiger partial charge in [0.05, 0.1) is 16.6 Å². The van der Waals surface area contributed by atoms with Crippen molar-refractivity contribution in [1.29, 1.82) is 0 Å². The molecule has 1 fully saturated rings. The minimum Gasteiger partial charge on any atom is -0.380 e. The Morgan fingerprint density at radius 3 is 2.79 bits per heavy atom.